The van der Waals surface area contributed by atoms with E-state index in [9.17, 15) is 14.9 Å². The van der Waals surface area contributed by atoms with Crippen LogP contribution >= 0.6 is 0 Å². The van der Waals surface area contributed by atoms with Crippen LogP contribution in [0.15, 0.2) is 72.8 Å². The highest BCUT2D eigenvalue weighted by atomic mass is 16.2. The van der Waals surface area contributed by atoms with Crippen molar-refractivity contribution in [2.45, 2.75) is 13.0 Å². The number of nitriles is 1. The average Bonchev–Trinajstić information content (AvgIpc) is 3.29. The predicted octanol–water partition coefficient (Wildman–Crippen LogP) is 3.77. The predicted molar refractivity (Wildman–Crippen MR) is 141 cm³/mol. The number of carbonyl (C=O) groups is 2. The quantitative estimate of drug-likeness (QED) is 0.443. The van der Waals surface area contributed by atoms with Crippen molar-refractivity contribution in [3.63, 3.8) is 0 Å². The zero-order valence-electron chi connectivity index (χ0n) is 20.7. The summed E-state index contributed by atoms with van der Waals surface area (Å²) in [6, 6.07) is 24.9. The third-order valence-electron chi connectivity index (χ3n) is 6.49. The molecule has 0 bridgehead atoms. The van der Waals surface area contributed by atoms with Crippen LogP contribution < -0.4 is 10.6 Å². The second kappa shape index (κ2) is 9.72. The van der Waals surface area contributed by atoms with Crippen LogP contribution in [0.5, 0.6) is 0 Å². The molecule has 4 aromatic rings. The van der Waals surface area contributed by atoms with Gasteiger partial charge < -0.3 is 15.5 Å². The Morgan fingerprint density at radius 1 is 1.05 bits per heavy atom. The number of benzene rings is 3. The number of carbonyl (C=O) groups excluding carboxylic acids is 2. The monoisotopic (exact) mass is 490 g/mol. The second-order valence-electron chi connectivity index (χ2n) is 9.26. The van der Waals surface area contributed by atoms with Crippen LogP contribution in [0.3, 0.4) is 0 Å². The van der Waals surface area contributed by atoms with Gasteiger partial charge in [0.15, 0.2) is 5.69 Å². The summed E-state index contributed by atoms with van der Waals surface area (Å²) in [5.74, 6) is -0.830. The molecule has 1 aliphatic heterocycles. The van der Waals surface area contributed by atoms with E-state index in [4.69, 9.17) is 5.73 Å². The zero-order valence-corrected chi connectivity index (χ0v) is 20.7. The van der Waals surface area contributed by atoms with Crippen molar-refractivity contribution in [2.75, 3.05) is 25.5 Å². The molecule has 1 aromatic heterocycles. The maximum atomic E-state index is 13.7. The summed E-state index contributed by atoms with van der Waals surface area (Å²) >= 11 is 0. The number of nitrogens with zero attached hydrogens (tertiary/aromatic N) is 5. The molecule has 37 heavy (non-hydrogen) atoms. The first kappa shape index (κ1) is 24.0. The molecule has 8 nitrogen and oxygen atoms in total. The lowest BCUT2D eigenvalue weighted by Crippen LogP contribution is -2.38. The third kappa shape index (κ3) is 4.48. The van der Waals surface area contributed by atoms with Gasteiger partial charge in [-0.2, -0.15) is 10.4 Å². The van der Waals surface area contributed by atoms with Gasteiger partial charge in [0.2, 0.25) is 5.91 Å². The number of hydrogen-bond donors (Lipinski definition) is 1. The topological polar surface area (TPSA) is 108 Å². The lowest BCUT2D eigenvalue weighted by Gasteiger charge is -2.28. The van der Waals surface area contributed by atoms with Gasteiger partial charge in [-0.25, -0.2) is 4.68 Å². The van der Waals surface area contributed by atoms with Crippen molar-refractivity contribution in [1.82, 2.24) is 14.7 Å². The standard InChI is InChI=1S/C29H26N6O2/c1-33(2)18-21-6-3-4-9-24(21)19-10-12-22(13-11-19)34-15-14-25-26(17-30)32-35(27(25)29(34)37)23-8-5-7-20(16-23)28(31)36/h3-13,16H,14-15,18H2,1-2H3,(H2,31,36). The van der Waals surface area contributed by atoms with Gasteiger partial charge in [-0.05, 0) is 67.5 Å². The lowest BCUT2D eigenvalue weighted by molar-refractivity contribution is 0.0971. The fourth-order valence-electron chi connectivity index (χ4n) is 4.78. The van der Waals surface area contributed by atoms with Crippen molar-refractivity contribution in [1.29, 1.82) is 5.26 Å². The molecule has 1 aliphatic rings. The highest BCUT2D eigenvalue weighted by Gasteiger charge is 2.33. The van der Waals surface area contributed by atoms with Crippen LogP contribution in [0.25, 0.3) is 16.8 Å². The van der Waals surface area contributed by atoms with Crippen molar-refractivity contribution in [2.24, 2.45) is 5.73 Å². The summed E-state index contributed by atoms with van der Waals surface area (Å²) < 4.78 is 1.45. The summed E-state index contributed by atoms with van der Waals surface area (Å²) in [5.41, 5.74) is 11.6. The van der Waals surface area contributed by atoms with Crippen molar-refractivity contribution < 1.29 is 9.59 Å². The number of amides is 2. The number of anilines is 1. The maximum absolute atomic E-state index is 13.7. The molecule has 0 radical (unpaired) electrons. The van der Waals surface area contributed by atoms with E-state index in [1.807, 2.05) is 50.5 Å². The van der Waals surface area contributed by atoms with E-state index in [1.54, 1.807) is 29.2 Å². The van der Waals surface area contributed by atoms with Crippen molar-refractivity contribution in [3.05, 3.63) is 101 Å². The van der Waals surface area contributed by atoms with Gasteiger partial charge in [0.1, 0.15) is 11.8 Å². The Bertz CT molecular complexity index is 1550. The second-order valence-corrected chi connectivity index (χ2v) is 9.26. The first-order chi connectivity index (χ1) is 17.9. The fraction of sp³-hybridized carbons (Fsp3) is 0.172. The average molecular weight is 491 g/mol. The number of nitrogens with two attached hydrogens (primary N) is 1. The number of hydrogen-bond acceptors (Lipinski definition) is 5. The Morgan fingerprint density at radius 2 is 1.81 bits per heavy atom. The molecule has 0 saturated carbocycles. The maximum Gasteiger partial charge on any atom is 0.277 e. The first-order valence-electron chi connectivity index (χ1n) is 11.9. The molecule has 2 N–H and O–H groups in total. The van der Waals surface area contributed by atoms with Crippen LogP contribution in [0.4, 0.5) is 5.69 Å². The molecule has 8 heteroatoms. The molecular weight excluding hydrogens is 464 g/mol. The smallest absolute Gasteiger partial charge is 0.277 e. The number of aromatic nitrogens is 2. The van der Waals surface area contributed by atoms with E-state index >= 15 is 0 Å². The van der Waals surface area contributed by atoms with E-state index in [1.165, 1.54) is 10.2 Å². The van der Waals surface area contributed by atoms with Crippen molar-refractivity contribution >= 4 is 17.5 Å². The van der Waals surface area contributed by atoms with Gasteiger partial charge in [0, 0.05) is 29.9 Å². The van der Waals surface area contributed by atoms with Crippen molar-refractivity contribution in [3.8, 4) is 22.9 Å². The van der Waals surface area contributed by atoms with Crippen LogP contribution in [0.2, 0.25) is 0 Å². The Kier molecular flexibility index (Phi) is 6.30. The Hall–Kier alpha value is -4.74. The minimum atomic E-state index is -0.580. The van der Waals surface area contributed by atoms with Crippen LogP contribution in [0.1, 0.15) is 37.7 Å². The van der Waals surface area contributed by atoms with E-state index in [2.05, 4.69) is 28.2 Å². The van der Waals surface area contributed by atoms with E-state index in [-0.39, 0.29) is 11.6 Å². The number of fused-ring (bicyclic) bond motifs is 1. The molecule has 0 unspecified atom stereocenters. The Labute approximate surface area is 215 Å². The van der Waals surface area contributed by atoms with Gasteiger partial charge in [-0.15, -0.1) is 0 Å². The lowest BCUT2D eigenvalue weighted by atomic mass is 9.98. The van der Waals surface area contributed by atoms with E-state index in [0.717, 1.165) is 23.4 Å². The summed E-state index contributed by atoms with van der Waals surface area (Å²) in [6.45, 7) is 1.26. The molecule has 0 atom stereocenters. The van der Waals surface area contributed by atoms with E-state index in [0.29, 0.717) is 35.5 Å². The largest absolute Gasteiger partial charge is 0.366 e. The molecule has 0 aliphatic carbocycles. The van der Waals surface area contributed by atoms with Crippen LogP contribution in [0, 0.1) is 11.3 Å². The Balaban J connectivity index is 1.50. The molecule has 0 spiro atoms. The summed E-state index contributed by atoms with van der Waals surface area (Å²) in [4.78, 5) is 29.3. The minimum Gasteiger partial charge on any atom is -0.366 e. The molecule has 0 saturated heterocycles. The van der Waals surface area contributed by atoms with Gasteiger partial charge in [-0.1, -0.05) is 42.5 Å². The molecule has 0 fully saturated rings. The zero-order chi connectivity index (χ0) is 26.1. The molecule has 2 amide bonds. The van der Waals surface area contributed by atoms with E-state index < -0.39 is 5.91 Å². The Morgan fingerprint density at radius 3 is 2.51 bits per heavy atom. The minimum absolute atomic E-state index is 0.209. The molecule has 184 valence electrons. The van der Waals surface area contributed by atoms with Gasteiger partial charge in [0.05, 0.1) is 5.69 Å². The summed E-state index contributed by atoms with van der Waals surface area (Å²) in [5, 5.41) is 14.1. The third-order valence-corrected chi connectivity index (χ3v) is 6.49. The fourth-order valence-corrected chi connectivity index (χ4v) is 4.78. The first-order valence-corrected chi connectivity index (χ1v) is 11.9. The molecular formula is C29H26N6O2. The highest BCUT2D eigenvalue weighted by Crippen LogP contribution is 2.31. The molecule has 3 aromatic carbocycles. The summed E-state index contributed by atoms with van der Waals surface area (Å²) in [7, 11) is 4.09. The SMILES string of the molecule is CN(C)Cc1ccccc1-c1ccc(N2CCc3c(C#N)nn(-c4cccc(C(N)=O)c4)c3C2=O)cc1. The molecule has 5 rings (SSSR count). The number of rotatable bonds is 6. The number of primary amides is 1. The van der Waals surface area contributed by atoms with Crippen LogP contribution in [-0.4, -0.2) is 47.1 Å². The van der Waals surface area contributed by atoms with Gasteiger partial charge in [0.25, 0.3) is 5.91 Å². The van der Waals surface area contributed by atoms with Crippen LogP contribution in [-0.2, 0) is 13.0 Å². The van der Waals surface area contributed by atoms with Gasteiger partial charge >= 0.3 is 0 Å². The summed E-state index contributed by atoms with van der Waals surface area (Å²) in [6.07, 6.45) is 0.493. The highest BCUT2D eigenvalue weighted by molar-refractivity contribution is 6.08. The molecule has 2 heterocycles. The van der Waals surface area contributed by atoms with Gasteiger partial charge in [-0.3, -0.25) is 9.59 Å². The normalized spacial score (nSPS) is 12.9.